The largest absolute Gasteiger partial charge is 0.494 e. The van der Waals surface area contributed by atoms with E-state index in [1.807, 2.05) is 0 Å². The quantitative estimate of drug-likeness (QED) is 0.873. The van der Waals surface area contributed by atoms with Crippen LogP contribution in [0.5, 0.6) is 11.5 Å². The number of nitrogens with zero attached hydrogens (tertiary/aromatic N) is 1. The Labute approximate surface area is 145 Å². The second-order valence-corrected chi connectivity index (χ2v) is 5.40. The first-order valence-electron chi connectivity index (χ1n) is 7.48. The molecule has 0 aromatic heterocycles. The summed E-state index contributed by atoms with van der Waals surface area (Å²) in [7, 11) is 4.65. The SMILES string of the molecule is COc1ccc(C(=O)Nc2ccc(OCC(=O)N(C)C)cc2)cc1F. The molecular weight excluding hydrogens is 327 g/mol. The van der Waals surface area contributed by atoms with Crippen LogP contribution in [0, 0.1) is 5.82 Å². The fraction of sp³-hybridized carbons (Fsp3) is 0.222. The van der Waals surface area contributed by atoms with Crippen molar-refractivity contribution >= 4 is 17.5 Å². The van der Waals surface area contributed by atoms with Crippen molar-refractivity contribution in [3.05, 3.63) is 53.8 Å². The maximum Gasteiger partial charge on any atom is 0.259 e. The van der Waals surface area contributed by atoms with Crippen molar-refractivity contribution in [2.75, 3.05) is 33.1 Å². The van der Waals surface area contributed by atoms with Gasteiger partial charge in [-0.25, -0.2) is 4.39 Å². The van der Waals surface area contributed by atoms with Crippen LogP contribution in [-0.2, 0) is 4.79 Å². The van der Waals surface area contributed by atoms with Crippen LogP contribution in [0.1, 0.15) is 10.4 Å². The number of anilines is 1. The van der Waals surface area contributed by atoms with Crippen LogP contribution in [0.4, 0.5) is 10.1 Å². The van der Waals surface area contributed by atoms with Crippen molar-refractivity contribution in [2.45, 2.75) is 0 Å². The molecule has 0 heterocycles. The summed E-state index contributed by atoms with van der Waals surface area (Å²) in [6.45, 7) is -0.0656. The average Bonchev–Trinajstić information content (AvgIpc) is 2.60. The van der Waals surface area contributed by atoms with Crippen molar-refractivity contribution in [2.24, 2.45) is 0 Å². The highest BCUT2D eigenvalue weighted by molar-refractivity contribution is 6.04. The minimum atomic E-state index is -0.607. The average molecular weight is 346 g/mol. The summed E-state index contributed by atoms with van der Waals surface area (Å²) < 4.78 is 23.8. The van der Waals surface area contributed by atoms with E-state index >= 15 is 0 Å². The van der Waals surface area contributed by atoms with Crippen molar-refractivity contribution in [3.8, 4) is 11.5 Å². The van der Waals surface area contributed by atoms with E-state index in [2.05, 4.69) is 5.32 Å². The Balaban J connectivity index is 1.97. The van der Waals surface area contributed by atoms with Gasteiger partial charge >= 0.3 is 0 Å². The van der Waals surface area contributed by atoms with Crippen LogP contribution in [-0.4, -0.2) is 44.5 Å². The molecule has 25 heavy (non-hydrogen) atoms. The van der Waals surface area contributed by atoms with Crippen molar-refractivity contribution in [1.82, 2.24) is 4.90 Å². The Hall–Kier alpha value is -3.09. The zero-order chi connectivity index (χ0) is 18.4. The van der Waals surface area contributed by atoms with Crippen molar-refractivity contribution < 1.29 is 23.5 Å². The number of halogens is 1. The minimum Gasteiger partial charge on any atom is -0.494 e. The van der Waals surface area contributed by atoms with E-state index < -0.39 is 11.7 Å². The number of hydrogen-bond donors (Lipinski definition) is 1. The highest BCUT2D eigenvalue weighted by atomic mass is 19.1. The Morgan fingerprint density at radius 1 is 1.12 bits per heavy atom. The van der Waals surface area contributed by atoms with Gasteiger partial charge < -0.3 is 19.7 Å². The van der Waals surface area contributed by atoms with Gasteiger partial charge in [0, 0.05) is 25.3 Å². The fourth-order valence-electron chi connectivity index (χ4n) is 1.92. The summed E-state index contributed by atoms with van der Waals surface area (Å²) in [6, 6.07) is 10.5. The van der Waals surface area contributed by atoms with E-state index in [4.69, 9.17) is 9.47 Å². The number of carbonyl (C=O) groups is 2. The van der Waals surface area contributed by atoms with Crippen molar-refractivity contribution in [3.63, 3.8) is 0 Å². The monoisotopic (exact) mass is 346 g/mol. The first kappa shape index (κ1) is 18.3. The molecular formula is C18H19FN2O4. The first-order valence-corrected chi connectivity index (χ1v) is 7.48. The molecule has 0 atom stereocenters. The number of hydrogen-bond acceptors (Lipinski definition) is 4. The third-order valence-corrected chi connectivity index (χ3v) is 3.39. The van der Waals surface area contributed by atoms with Crippen LogP contribution >= 0.6 is 0 Å². The molecule has 6 nitrogen and oxygen atoms in total. The molecule has 0 radical (unpaired) electrons. The second kappa shape index (κ2) is 8.14. The highest BCUT2D eigenvalue weighted by Crippen LogP contribution is 2.20. The zero-order valence-corrected chi connectivity index (χ0v) is 14.2. The third-order valence-electron chi connectivity index (χ3n) is 3.39. The minimum absolute atomic E-state index is 0.0656. The second-order valence-electron chi connectivity index (χ2n) is 5.40. The number of nitrogens with one attached hydrogen (secondary N) is 1. The van der Waals surface area contributed by atoms with Gasteiger partial charge in [-0.2, -0.15) is 0 Å². The molecule has 2 aromatic rings. The van der Waals surface area contributed by atoms with Crippen LogP contribution in [0.15, 0.2) is 42.5 Å². The van der Waals surface area contributed by atoms with Crippen LogP contribution in [0.2, 0.25) is 0 Å². The summed E-state index contributed by atoms with van der Waals surface area (Å²) >= 11 is 0. The van der Waals surface area contributed by atoms with E-state index in [-0.39, 0.29) is 23.8 Å². The van der Waals surface area contributed by atoms with Crippen molar-refractivity contribution in [1.29, 1.82) is 0 Å². The molecule has 0 saturated carbocycles. The number of amides is 2. The lowest BCUT2D eigenvalue weighted by molar-refractivity contribution is -0.130. The van der Waals surface area contributed by atoms with E-state index in [9.17, 15) is 14.0 Å². The van der Waals surface area contributed by atoms with Gasteiger partial charge in [0.05, 0.1) is 7.11 Å². The van der Waals surface area contributed by atoms with Gasteiger partial charge in [-0.1, -0.05) is 0 Å². The molecule has 0 aliphatic rings. The lowest BCUT2D eigenvalue weighted by Gasteiger charge is -2.12. The number of likely N-dealkylation sites (N-methyl/N-ethyl adjacent to an activating group) is 1. The highest BCUT2D eigenvalue weighted by Gasteiger charge is 2.11. The Morgan fingerprint density at radius 2 is 1.80 bits per heavy atom. The van der Waals surface area contributed by atoms with E-state index in [1.54, 1.807) is 38.4 Å². The normalized spacial score (nSPS) is 10.1. The lowest BCUT2D eigenvalue weighted by atomic mass is 10.2. The van der Waals surface area contributed by atoms with E-state index in [1.165, 1.54) is 24.1 Å². The van der Waals surface area contributed by atoms with Gasteiger partial charge in [0.2, 0.25) is 0 Å². The molecule has 2 rings (SSSR count). The van der Waals surface area contributed by atoms with Crippen LogP contribution in [0.25, 0.3) is 0 Å². The van der Waals surface area contributed by atoms with Gasteiger partial charge in [0.1, 0.15) is 5.75 Å². The summed E-state index contributed by atoms with van der Waals surface area (Å²) in [5, 5.41) is 2.66. The number of carbonyl (C=O) groups excluding carboxylic acids is 2. The molecule has 0 saturated heterocycles. The maximum absolute atomic E-state index is 13.7. The van der Waals surface area contributed by atoms with Gasteiger partial charge in [-0.05, 0) is 42.5 Å². The molecule has 2 aromatic carbocycles. The summed E-state index contributed by atoms with van der Waals surface area (Å²) in [4.78, 5) is 25.0. The summed E-state index contributed by atoms with van der Waals surface area (Å²) in [5.74, 6) is -0.629. The predicted octanol–water partition coefficient (Wildman–Crippen LogP) is 2.55. The standard InChI is InChI=1S/C18H19FN2O4/c1-21(2)17(22)11-25-14-7-5-13(6-8-14)20-18(23)12-4-9-16(24-3)15(19)10-12/h4-10H,11H2,1-3H3,(H,20,23). The lowest BCUT2D eigenvalue weighted by Crippen LogP contribution is -2.27. The summed E-state index contributed by atoms with van der Waals surface area (Å²) in [6.07, 6.45) is 0. The van der Waals surface area contributed by atoms with Gasteiger partial charge in [-0.3, -0.25) is 9.59 Å². The fourth-order valence-corrected chi connectivity index (χ4v) is 1.92. The maximum atomic E-state index is 13.7. The molecule has 1 N–H and O–H groups in total. The summed E-state index contributed by atoms with van der Waals surface area (Å²) in [5.41, 5.74) is 0.697. The van der Waals surface area contributed by atoms with E-state index in [0.29, 0.717) is 11.4 Å². The first-order chi connectivity index (χ1) is 11.9. The number of rotatable bonds is 6. The molecule has 0 bridgehead atoms. The van der Waals surface area contributed by atoms with Crippen LogP contribution < -0.4 is 14.8 Å². The Kier molecular flexibility index (Phi) is 5.94. The zero-order valence-electron chi connectivity index (χ0n) is 14.2. The Bertz CT molecular complexity index is 760. The molecule has 0 aliphatic heterocycles. The van der Waals surface area contributed by atoms with Crippen LogP contribution in [0.3, 0.4) is 0 Å². The number of methoxy groups -OCH3 is 1. The number of ether oxygens (including phenoxy) is 2. The molecule has 132 valence electrons. The number of benzene rings is 2. The van der Waals surface area contributed by atoms with Gasteiger partial charge in [0.25, 0.3) is 11.8 Å². The predicted molar refractivity (Wildman–Crippen MR) is 91.5 cm³/mol. The third kappa shape index (κ3) is 4.94. The smallest absolute Gasteiger partial charge is 0.259 e. The molecule has 7 heteroatoms. The van der Waals surface area contributed by atoms with E-state index in [0.717, 1.165) is 6.07 Å². The topological polar surface area (TPSA) is 67.9 Å². The van der Waals surface area contributed by atoms with Gasteiger partial charge in [0.15, 0.2) is 18.2 Å². The molecule has 0 spiro atoms. The molecule has 0 aliphatic carbocycles. The molecule has 0 unspecified atom stereocenters. The Morgan fingerprint density at radius 3 is 2.36 bits per heavy atom. The molecule has 2 amide bonds. The van der Waals surface area contributed by atoms with Gasteiger partial charge in [-0.15, -0.1) is 0 Å². The molecule has 0 fully saturated rings.